The molecule has 2 amide bonds. The first-order chi connectivity index (χ1) is 9.97. The quantitative estimate of drug-likeness (QED) is 0.872. The molecule has 1 aromatic rings. The van der Waals surface area contributed by atoms with Crippen LogP contribution in [0.1, 0.15) is 24.0 Å². The largest absolute Gasteiger partial charge is 0.369 e. The summed E-state index contributed by atoms with van der Waals surface area (Å²) in [5, 5.41) is 0.687. The highest BCUT2D eigenvalue weighted by molar-refractivity contribution is 6.31. The lowest BCUT2D eigenvalue weighted by atomic mass is 9.96. The van der Waals surface area contributed by atoms with Crippen molar-refractivity contribution in [3.05, 3.63) is 40.4 Å². The highest BCUT2D eigenvalue weighted by Crippen LogP contribution is 2.19. The molecule has 0 radical (unpaired) electrons. The highest BCUT2D eigenvalue weighted by Gasteiger charge is 2.24. The summed E-state index contributed by atoms with van der Waals surface area (Å²) in [5.74, 6) is -0.421. The molecule has 4 nitrogen and oxygen atoms in total. The number of primary amides is 1. The van der Waals surface area contributed by atoms with Crippen LogP contribution in [0.25, 0.3) is 6.08 Å². The first-order valence-electron chi connectivity index (χ1n) is 7.00. The smallest absolute Gasteiger partial charge is 0.246 e. The van der Waals surface area contributed by atoms with E-state index in [1.165, 1.54) is 0 Å². The standard InChI is InChI=1S/C16H19ClN2O2/c1-11-2-3-12(10-14(11)17)4-5-15(20)19-8-6-13(7-9-19)16(18)21/h2-5,10,13H,6-9H2,1H3,(H2,18,21). The van der Waals surface area contributed by atoms with E-state index in [0.29, 0.717) is 31.0 Å². The molecule has 0 aliphatic carbocycles. The number of benzene rings is 1. The van der Waals surface area contributed by atoms with E-state index < -0.39 is 0 Å². The molecule has 1 saturated heterocycles. The van der Waals surface area contributed by atoms with Crippen LogP contribution in [0.5, 0.6) is 0 Å². The van der Waals surface area contributed by atoms with E-state index in [1.807, 2.05) is 25.1 Å². The molecule has 0 bridgehead atoms. The summed E-state index contributed by atoms with van der Waals surface area (Å²) in [6.07, 6.45) is 4.59. The molecular weight excluding hydrogens is 288 g/mol. The average Bonchev–Trinajstić information content (AvgIpc) is 2.48. The predicted molar refractivity (Wildman–Crippen MR) is 83.7 cm³/mol. The zero-order chi connectivity index (χ0) is 15.4. The third kappa shape index (κ3) is 4.08. The Balaban J connectivity index is 1.94. The molecule has 1 fully saturated rings. The lowest BCUT2D eigenvalue weighted by Crippen LogP contribution is -2.41. The summed E-state index contributed by atoms with van der Waals surface area (Å²) in [6, 6.07) is 5.68. The average molecular weight is 307 g/mol. The van der Waals surface area contributed by atoms with E-state index in [4.69, 9.17) is 17.3 Å². The maximum absolute atomic E-state index is 12.1. The second-order valence-electron chi connectivity index (χ2n) is 5.34. The van der Waals surface area contributed by atoms with Gasteiger partial charge in [-0.15, -0.1) is 0 Å². The molecule has 112 valence electrons. The fraction of sp³-hybridized carbons (Fsp3) is 0.375. The SMILES string of the molecule is Cc1ccc(C=CC(=O)N2CCC(C(N)=O)CC2)cc1Cl. The van der Waals surface area contributed by atoms with Crippen LogP contribution in [0.3, 0.4) is 0 Å². The summed E-state index contributed by atoms with van der Waals surface area (Å²) in [6.45, 7) is 3.08. The number of rotatable bonds is 3. The van der Waals surface area contributed by atoms with E-state index >= 15 is 0 Å². The van der Waals surface area contributed by atoms with Gasteiger partial charge >= 0.3 is 0 Å². The van der Waals surface area contributed by atoms with E-state index in [0.717, 1.165) is 11.1 Å². The molecule has 1 aliphatic rings. The topological polar surface area (TPSA) is 63.4 Å². The predicted octanol–water partition coefficient (Wildman–Crippen LogP) is 2.39. The van der Waals surface area contributed by atoms with Crippen molar-refractivity contribution in [2.75, 3.05) is 13.1 Å². The summed E-state index contributed by atoms with van der Waals surface area (Å²) < 4.78 is 0. The number of hydrogen-bond donors (Lipinski definition) is 1. The van der Waals surface area contributed by atoms with Crippen LogP contribution in [0.15, 0.2) is 24.3 Å². The Bertz CT molecular complexity index is 576. The molecule has 0 atom stereocenters. The van der Waals surface area contributed by atoms with Gasteiger partial charge in [-0.2, -0.15) is 0 Å². The van der Waals surface area contributed by atoms with Gasteiger partial charge in [0.2, 0.25) is 11.8 Å². The van der Waals surface area contributed by atoms with Crippen LogP contribution < -0.4 is 5.73 Å². The van der Waals surface area contributed by atoms with Crippen LogP contribution in [0.2, 0.25) is 5.02 Å². The lowest BCUT2D eigenvalue weighted by Gasteiger charge is -2.29. The molecule has 1 aromatic carbocycles. The van der Waals surface area contributed by atoms with Crippen LogP contribution in [-0.2, 0) is 9.59 Å². The molecule has 21 heavy (non-hydrogen) atoms. The van der Waals surface area contributed by atoms with Gasteiger partial charge in [-0.05, 0) is 43.0 Å². The van der Waals surface area contributed by atoms with E-state index in [2.05, 4.69) is 0 Å². The van der Waals surface area contributed by atoms with Crippen molar-refractivity contribution in [2.45, 2.75) is 19.8 Å². The molecule has 5 heteroatoms. The molecule has 2 rings (SSSR count). The van der Waals surface area contributed by atoms with Crippen molar-refractivity contribution in [1.82, 2.24) is 4.90 Å². The first kappa shape index (κ1) is 15.6. The van der Waals surface area contributed by atoms with Gasteiger partial charge in [0.1, 0.15) is 0 Å². The van der Waals surface area contributed by atoms with Crippen LogP contribution >= 0.6 is 11.6 Å². The minimum Gasteiger partial charge on any atom is -0.369 e. The minimum atomic E-state index is -0.271. The van der Waals surface area contributed by atoms with Crippen LogP contribution in [0.4, 0.5) is 0 Å². The second kappa shape index (κ2) is 6.76. The number of likely N-dealkylation sites (tertiary alicyclic amines) is 1. The Labute approximate surface area is 129 Å². The van der Waals surface area contributed by atoms with Gasteiger partial charge in [0.15, 0.2) is 0 Å². The number of carbonyl (C=O) groups is 2. The first-order valence-corrected chi connectivity index (χ1v) is 7.37. The van der Waals surface area contributed by atoms with Gasteiger partial charge in [0, 0.05) is 30.1 Å². The second-order valence-corrected chi connectivity index (χ2v) is 5.75. The van der Waals surface area contributed by atoms with Gasteiger partial charge in [-0.25, -0.2) is 0 Å². The lowest BCUT2D eigenvalue weighted by molar-refractivity contribution is -0.130. The van der Waals surface area contributed by atoms with Gasteiger partial charge in [0.25, 0.3) is 0 Å². The highest BCUT2D eigenvalue weighted by atomic mass is 35.5. The van der Waals surface area contributed by atoms with E-state index in [-0.39, 0.29) is 17.7 Å². The van der Waals surface area contributed by atoms with Crippen molar-refractivity contribution in [3.8, 4) is 0 Å². The van der Waals surface area contributed by atoms with E-state index in [9.17, 15) is 9.59 Å². The molecule has 0 saturated carbocycles. The summed E-state index contributed by atoms with van der Waals surface area (Å²) in [7, 11) is 0. The fourth-order valence-corrected chi connectivity index (χ4v) is 2.56. The maximum atomic E-state index is 12.1. The number of piperidine rings is 1. The fourth-order valence-electron chi connectivity index (χ4n) is 2.37. The third-order valence-electron chi connectivity index (χ3n) is 3.82. The van der Waals surface area contributed by atoms with Crippen molar-refractivity contribution >= 4 is 29.5 Å². The molecule has 0 spiro atoms. The van der Waals surface area contributed by atoms with Crippen molar-refractivity contribution < 1.29 is 9.59 Å². The maximum Gasteiger partial charge on any atom is 0.246 e. The zero-order valence-electron chi connectivity index (χ0n) is 12.0. The van der Waals surface area contributed by atoms with Crippen LogP contribution in [-0.4, -0.2) is 29.8 Å². The van der Waals surface area contributed by atoms with Gasteiger partial charge in [-0.3, -0.25) is 9.59 Å². The number of carbonyl (C=O) groups excluding carboxylic acids is 2. The Hall–Kier alpha value is -1.81. The Morgan fingerprint density at radius 3 is 2.57 bits per heavy atom. The minimum absolute atomic E-state index is 0.0467. The molecular formula is C16H19ClN2O2. The monoisotopic (exact) mass is 306 g/mol. The number of nitrogens with two attached hydrogens (primary N) is 1. The van der Waals surface area contributed by atoms with Crippen molar-refractivity contribution in [3.63, 3.8) is 0 Å². The number of nitrogens with zero attached hydrogens (tertiary/aromatic N) is 1. The Morgan fingerprint density at radius 1 is 1.33 bits per heavy atom. The third-order valence-corrected chi connectivity index (χ3v) is 4.23. The Kier molecular flexibility index (Phi) is 5.02. The van der Waals surface area contributed by atoms with Crippen molar-refractivity contribution in [2.24, 2.45) is 11.7 Å². The van der Waals surface area contributed by atoms with Crippen LogP contribution in [0, 0.1) is 12.8 Å². The van der Waals surface area contributed by atoms with Gasteiger partial charge < -0.3 is 10.6 Å². The number of hydrogen-bond acceptors (Lipinski definition) is 2. The number of amides is 2. The van der Waals surface area contributed by atoms with Gasteiger partial charge in [-0.1, -0.05) is 23.7 Å². The van der Waals surface area contributed by atoms with Crippen molar-refractivity contribution in [1.29, 1.82) is 0 Å². The Morgan fingerprint density at radius 2 is 2.00 bits per heavy atom. The number of halogens is 1. The zero-order valence-corrected chi connectivity index (χ0v) is 12.8. The normalized spacial score (nSPS) is 16.4. The summed E-state index contributed by atoms with van der Waals surface area (Å²) in [5.41, 5.74) is 7.18. The molecule has 1 heterocycles. The van der Waals surface area contributed by atoms with E-state index in [1.54, 1.807) is 17.1 Å². The molecule has 2 N–H and O–H groups in total. The summed E-state index contributed by atoms with van der Waals surface area (Å²) >= 11 is 6.05. The molecule has 1 aliphatic heterocycles. The summed E-state index contributed by atoms with van der Waals surface area (Å²) in [4.78, 5) is 24.9. The van der Waals surface area contributed by atoms with Gasteiger partial charge in [0.05, 0.1) is 0 Å². The number of aryl methyl sites for hydroxylation is 1. The molecule has 0 unspecified atom stereocenters. The molecule has 0 aromatic heterocycles.